The van der Waals surface area contributed by atoms with Gasteiger partial charge in [0.2, 0.25) is 0 Å². The van der Waals surface area contributed by atoms with E-state index < -0.39 is 0 Å². The fraction of sp³-hybridized carbons (Fsp3) is 0.611. The van der Waals surface area contributed by atoms with Crippen LogP contribution >= 0.6 is 11.8 Å². The summed E-state index contributed by atoms with van der Waals surface area (Å²) in [6, 6.07) is 7.06. The van der Waals surface area contributed by atoms with Crippen molar-refractivity contribution in [3.8, 4) is 0 Å². The van der Waals surface area contributed by atoms with Crippen molar-refractivity contribution in [1.82, 2.24) is 10.6 Å². The number of guanidine groups is 1. The number of benzene rings is 1. The Morgan fingerprint density at radius 1 is 1.33 bits per heavy atom. The number of hydrogen-bond donors (Lipinski definition) is 2. The van der Waals surface area contributed by atoms with Crippen molar-refractivity contribution in [3.63, 3.8) is 0 Å². The van der Waals surface area contributed by atoms with E-state index in [-0.39, 0.29) is 5.82 Å². The molecule has 2 N–H and O–H groups in total. The molecule has 0 aliphatic carbocycles. The molecule has 2 saturated heterocycles. The molecule has 2 aliphatic rings. The van der Waals surface area contributed by atoms with E-state index in [9.17, 15) is 4.39 Å². The third-order valence-electron chi connectivity index (χ3n) is 4.43. The molecule has 0 spiro atoms. The van der Waals surface area contributed by atoms with Crippen LogP contribution in [0.1, 0.15) is 32.6 Å². The molecule has 4 nitrogen and oxygen atoms in total. The average molecular weight is 351 g/mol. The molecule has 3 rings (SSSR count). The Labute approximate surface area is 147 Å². The van der Waals surface area contributed by atoms with Crippen molar-refractivity contribution >= 4 is 17.7 Å². The molecule has 3 atom stereocenters. The van der Waals surface area contributed by atoms with Gasteiger partial charge in [-0.2, -0.15) is 0 Å². The zero-order valence-electron chi connectivity index (χ0n) is 14.1. The van der Waals surface area contributed by atoms with Crippen LogP contribution in [0.2, 0.25) is 0 Å². The number of halogens is 1. The molecule has 0 radical (unpaired) electrons. The van der Waals surface area contributed by atoms with E-state index in [1.54, 1.807) is 11.8 Å². The van der Waals surface area contributed by atoms with Crippen LogP contribution in [-0.4, -0.2) is 43.1 Å². The summed E-state index contributed by atoms with van der Waals surface area (Å²) in [6.07, 6.45) is 5.25. The average Bonchev–Trinajstić information content (AvgIpc) is 3.19. The van der Waals surface area contributed by atoms with Crippen molar-refractivity contribution in [3.05, 3.63) is 30.1 Å². The molecule has 24 heavy (non-hydrogen) atoms. The molecule has 132 valence electrons. The van der Waals surface area contributed by atoms with E-state index in [0.29, 0.717) is 18.2 Å². The first-order chi connectivity index (χ1) is 11.7. The van der Waals surface area contributed by atoms with Gasteiger partial charge in [-0.15, -0.1) is 11.8 Å². The number of nitrogens with one attached hydrogen (secondary N) is 2. The van der Waals surface area contributed by atoms with E-state index in [2.05, 4.69) is 22.5 Å². The first-order valence-electron chi connectivity index (χ1n) is 8.83. The number of aliphatic imine (C=N–C) groups is 1. The normalized spacial score (nSPS) is 25.9. The standard InChI is InChI=1S/C18H26FN3OS/c1-2-20-18(22-16-12-14-6-9-17(16)23-14)21-10-3-11-24-15-7-4-13(19)5-8-15/h4-5,7-8,14,16-17H,2-3,6,9-12H2,1H3,(H2,20,21,22). The number of ether oxygens (including phenoxy) is 1. The smallest absolute Gasteiger partial charge is 0.191 e. The van der Waals surface area contributed by atoms with E-state index in [0.717, 1.165) is 49.0 Å². The SMILES string of the molecule is CCNC(=NCCCSc1ccc(F)cc1)NC1CC2CCC1O2. The quantitative estimate of drug-likeness (QED) is 0.343. The lowest BCUT2D eigenvalue weighted by Crippen LogP contribution is -2.47. The summed E-state index contributed by atoms with van der Waals surface area (Å²) in [7, 11) is 0. The van der Waals surface area contributed by atoms with Gasteiger partial charge in [0.25, 0.3) is 0 Å². The first-order valence-corrected chi connectivity index (χ1v) is 9.82. The van der Waals surface area contributed by atoms with Gasteiger partial charge in [-0.25, -0.2) is 4.39 Å². The second-order valence-electron chi connectivity index (χ2n) is 6.28. The zero-order valence-corrected chi connectivity index (χ0v) is 14.9. The fourth-order valence-corrected chi connectivity index (χ4v) is 4.10. The highest BCUT2D eigenvalue weighted by Crippen LogP contribution is 2.34. The van der Waals surface area contributed by atoms with Crippen molar-refractivity contribution in [2.75, 3.05) is 18.8 Å². The van der Waals surface area contributed by atoms with Crippen molar-refractivity contribution in [2.45, 2.75) is 55.8 Å². The van der Waals surface area contributed by atoms with E-state index in [1.807, 2.05) is 12.1 Å². The molecule has 2 bridgehead atoms. The van der Waals surface area contributed by atoms with Gasteiger partial charge in [-0.05, 0) is 62.6 Å². The highest BCUT2D eigenvalue weighted by atomic mass is 32.2. The number of nitrogens with zero attached hydrogens (tertiary/aromatic N) is 1. The van der Waals surface area contributed by atoms with Crippen molar-refractivity contribution in [1.29, 1.82) is 0 Å². The molecular formula is C18H26FN3OS. The Kier molecular flexibility index (Phi) is 6.37. The van der Waals surface area contributed by atoms with Crippen LogP contribution in [0.5, 0.6) is 0 Å². The van der Waals surface area contributed by atoms with Crippen LogP contribution in [0.25, 0.3) is 0 Å². The van der Waals surface area contributed by atoms with Gasteiger partial charge < -0.3 is 15.4 Å². The molecule has 1 aromatic carbocycles. The maximum atomic E-state index is 12.9. The summed E-state index contributed by atoms with van der Waals surface area (Å²) in [5, 5.41) is 6.85. The first kappa shape index (κ1) is 17.5. The van der Waals surface area contributed by atoms with Crippen LogP contribution in [-0.2, 0) is 4.74 Å². The van der Waals surface area contributed by atoms with Gasteiger partial charge in [0, 0.05) is 18.0 Å². The fourth-order valence-electron chi connectivity index (χ4n) is 3.26. The third-order valence-corrected chi connectivity index (χ3v) is 5.53. The Hall–Kier alpha value is -1.27. The van der Waals surface area contributed by atoms with Crippen LogP contribution in [0.4, 0.5) is 4.39 Å². The number of thioether (sulfide) groups is 1. The highest BCUT2D eigenvalue weighted by Gasteiger charge is 2.41. The summed E-state index contributed by atoms with van der Waals surface area (Å²) in [5.74, 6) is 1.69. The van der Waals surface area contributed by atoms with Gasteiger partial charge in [0.1, 0.15) is 5.82 Å². The van der Waals surface area contributed by atoms with Crippen LogP contribution in [0, 0.1) is 5.82 Å². The van der Waals surface area contributed by atoms with Gasteiger partial charge >= 0.3 is 0 Å². The van der Waals surface area contributed by atoms with Crippen molar-refractivity contribution < 1.29 is 9.13 Å². The van der Waals surface area contributed by atoms with Gasteiger partial charge in [-0.1, -0.05) is 0 Å². The maximum Gasteiger partial charge on any atom is 0.191 e. The number of fused-ring (bicyclic) bond motifs is 2. The monoisotopic (exact) mass is 351 g/mol. The molecule has 0 saturated carbocycles. The summed E-state index contributed by atoms with van der Waals surface area (Å²) >= 11 is 1.74. The lowest BCUT2D eigenvalue weighted by Gasteiger charge is -2.22. The van der Waals surface area contributed by atoms with Crippen LogP contribution in [0.15, 0.2) is 34.2 Å². The van der Waals surface area contributed by atoms with E-state index >= 15 is 0 Å². The van der Waals surface area contributed by atoms with E-state index in [4.69, 9.17) is 4.74 Å². The Balaban J connectivity index is 1.39. The molecule has 2 fully saturated rings. The van der Waals surface area contributed by atoms with Gasteiger partial charge in [0.05, 0.1) is 18.2 Å². The Morgan fingerprint density at radius 3 is 2.83 bits per heavy atom. The lowest BCUT2D eigenvalue weighted by atomic mass is 9.96. The summed E-state index contributed by atoms with van der Waals surface area (Å²) in [4.78, 5) is 5.77. The Bertz CT molecular complexity index is 552. The van der Waals surface area contributed by atoms with Crippen molar-refractivity contribution in [2.24, 2.45) is 4.99 Å². The highest BCUT2D eigenvalue weighted by molar-refractivity contribution is 7.99. The van der Waals surface area contributed by atoms with Gasteiger partial charge in [0.15, 0.2) is 5.96 Å². The second-order valence-corrected chi connectivity index (χ2v) is 7.45. The molecular weight excluding hydrogens is 325 g/mol. The minimum absolute atomic E-state index is 0.185. The predicted molar refractivity (Wildman–Crippen MR) is 97.2 cm³/mol. The molecule has 2 heterocycles. The lowest BCUT2D eigenvalue weighted by molar-refractivity contribution is 0.0992. The van der Waals surface area contributed by atoms with Gasteiger partial charge in [-0.3, -0.25) is 4.99 Å². The predicted octanol–water partition coefficient (Wildman–Crippen LogP) is 3.18. The number of rotatable bonds is 7. The van der Waals surface area contributed by atoms with Crippen LogP contribution < -0.4 is 10.6 Å². The van der Waals surface area contributed by atoms with E-state index in [1.165, 1.54) is 18.6 Å². The largest absolute Gasteiger partial charge is 0.373 e. The third kappa shape index (κ3) is 4.86. The molecule has 3 unspecified atom stereocenters. The zero-order chi connectivity index (χ0) is 16.8. The Morgan fingerprint density at radius 2 is 2.17 bits per heavy atom. The molecule has 6 heteroatoms. The minimum Gasteiger partial charge on any atom is -0.373 e. The minimum atomic E-state index is -0.185. The molecule has 1 aromatic rings. The summed E-state index contributed by atoms with van der Waals surface area (Å²) < 4.78 is 18.8. The summed E-state index contributed by atoms with van der Waals surface area (Å²) in [6.45, 7) is 3.72. The number of hydrogen-bond acceptors (Lipinski definition) is 3. The molecule has 2 aliphatic heterocycles. The maximum absolute atomic E-state index is 12.9. The second kappa shape index (κ2) is 8.72. The summed E-state index contributed by atoms with van der Waals surface area (Å²) in [5.41, 5.74) is 0. The van der Waals surface area contributed by atoms with Crippen LogP contribution in [0.3, 0.4) is 0 Å². The molecule has 0 amide bonds. The molecule has 0 aromatic heterocycles. The topological polar surface area (TPSA) is 45.7 Å².